The van der Waals surface area contributed by atoms with Crippen LogP contribution in [0.1, 0.15) is 64.4 Å². The van der Waals surface area contributed by atoms with Crippen LogP contribution in [-0.2, 0) is 11.3 Å². The lowest BCUT2D eigenvalue weighted by molar-refractivity contribution is 0.0458. The molecule has 0 bridgehead atoms. The third-order valence-corrected chi connectivity index (χ3v) is 3.75. The van der Waals surface area contributed by atoms with Gasteiger partial charge in [0, 0.05) is 0 Å². The fourth-order valence-corrected chi connectivity index (χ4v) is 2.27. The van der Waals surface area contributed by atoms with Gasteiger partial charge >= 0.3 is 0 Å². The molecule has 0 aromatic heterocycles. The van der Waals surface area contributed by atoms with Crippen LogP contribution in [0.3, 0.4) is 0 Å². The first-order chi connectivity index (χ1) is 9.72. The SMILES string of the molecule is CC[C@H](O)CCCCCC[C@H](C)OCc1ccccc1. The molecule has 0 spiro atoms. The van der Waals surface area contributed by atoms with Crippen molar-refractivity contribution in [2.45, 2.75) is 77.6 Å². The van der Waals surface area contributed by atoms with Crippen LogP contribution in [0.2, 0.25) is 0 Å². The van der Waals surface area contributed by atoms with Crippen LogP contribution in [-0.4, -0.2) is 17.3 Å². The summed E-state index contributed by atoms with van der Waals surface area (Å²) in [5, 5.41) is 9.46. The van der Waals surface area contributed by atoms with E-state index in [2.05, 4.69) is 19.1 Å². The first kappa shape index (κ1) is 17.2. The number of aliphatic hydroxyl groups is 1. The Hall–Kier alpha value is -0.860. The largest absolute Gasteiger partial charge is 0.393 e. The highest BCUT2D eigenvalue weighted by Crippen LogP contribution is 2.12. The molecule has 1 N–H and O–H groups in total. The summed E-state index contributed by atoms with van der Waals surface area (Å²) in [7, 11) is 0. The minimum atomic E-state index is -0.0943. The maximum Gasteiger partial charge on any atom is 0.0720 e. The normalized spacial score (nSPS) is 14.2. The smallest absolute Gasteiger partial charge is 0.0720 e. The van der Waals surface area contributed by atoms with Gasteiger partial charge in [0.05, 0.1) is 18.8 Å². The zero-order valence-electron chi connectivity index (χ0n) is 13.1. The highest BCUT2D eigenvalue weighted by molar-refractivity contribution is 5.13. The summed E-state index contributed by atoms with van der Waals surface area (Å²) in [6, 6.07) is 10.3. The summed E-state index contributed by atoms with van der Waals surface area (Å²) in [4.78, 5) is 0. The number of ether oxygens (including phenoxy) is 1. The Morgan fingerprint density at radius 3 is 2.30 bits per heavy atom. The van der Waals surface area contributed by atoms with E-state index in [0.29, 0.717) is 12.7 Å². The first-order valence-corrected chi connectivity index (χ1v) is 8.06. The van der Waals surface area contributed by atoms with Crippen molar-refractivity contribution in [2.75, 3.05) is 0 Å². The van der Waals surface area contributed by atoms with E-state index in [9.17, 15) is 5.11 Å². The Morgan fingerprint density at radius 2 is 1.65 bits per heavy atom. The molecular formula is C18H30O2. The van der Waals surface area contributed by atoms with Crippen LogP contribution in [0.25, 0.3) is 0 Å². The number of benzene rings is 1. The summed E-state index contributed by atoms with van der Waals surface area (Å²) < 4.78 is 5.85. The Balaban J connectivity index is 1.96. The van der Waals surface area contributed by atoms with Crippen molar-refractivity contribution in [3.8, 4) is 0 Å². The molecule has 1 aromatic carbocycles. The minimum Gasteiger partial charge on any atom is -0.393 e. The van der Waals surface area contributed by atoms with E-state index < -0.39 is 0 Å². The van der Waals surface area contributed by atoms with E-state index in [1.807, 2.05) is 25.1 Å². The molecule has 2 nitrogen and oxygen atoms in total. The molecule has 2 heteroatoms. The van der Waals surface area contributed by atoms with Gasteiger partial charge in [-0.2, -0.15) is 0 Å². The van der Waals surface area contributed by atoms with Gasteiger partial charge in [-0.25, -0.2) is 0 Å². The van der Waals surface area contributed by atoms with Gasteiger partial charge in [0.25, 0.3) is 0 Å². The van der Waals surface area contributed by atoms with Gasteiger partial charge in [0.2, 0.25) is 0 Å². The molecule has 0 saturated carbocycles. The Morgan fingerprint density at radius 1 is 1.00 bits per heavy atom. The summed E-state index contributed by atoms with van der Waals surface area (Å²) >= 11 is 0. The molecular weight excluding hydrogens is 248 g/mol. The molecule has 0 fully saturated rings. The fraction of sp³-hybridized carbons (Fsp3) is 0.667. The van der Waals surface area contributed by atoms with Gasteiger partial charge in [-0.05, 0) is 31.7 Å². The lowest BCUT2D eigenvalue weighted by Crippen LogP contribution is -2.08. The third-order valence-electron chi connectivity index (χ3n) is 3.75. The Kier molecular flexibility index (Phi) is 9.35. The molecule has 0 aliphatic rings. The third kappa shape index (κ3) is 8.34. The average molecular weight is 278 g/mol. The van der Waals surface area contributed by atoms with E-state index in [-0.39, 0.29) is 6.10 Å². The fourth-order valence-electron chi connectivity index (χ4n) is 2.27. The monoisotopic (exact) mass is 278 g/mol. The van der Waals surface area contributed by atoms with Crippen LogP contribution in [0.15, 0.2) is 30.3 Å². The number of hydrogen-bond donors (Lipinski definition) is 1. The molecule has 0 saturated heterocycles. The molecule has 0 aliphatic heterocycles. The molecule has 20 heavy (non-hydrogen) atoms. The quantitative estimate of drug-likeness (QED) is 0.594. The van der Waals surface area contributed by atoms with Gasteiger partial charge < -0.3 is 9.84 Å². The van der Waals surface area contributed by atoms with Crippen molar-refractivity contribution in [1.82, 2.24) is 0 Å². The lowest BCUT2D eigenvalue weighted by Gasteiger charge is -2.13. The zero-order valence-corrected chi connectivity index (χ0v) is 13.1. The van der Waals surface area contributed by atoms with Gasteiger partial charge in [0.15, 0.2) is 0 Å². The second-order valence-electron chi connectivity index (χ2n) is 5.66. The second-order valence-corrected chi connectivity index (χ2v) is 5.66. The Labute approximate surface area is 124 Å². The van der Waals surface area contributed by atoms with Crippen molar-refractivity contribution in [3.63, 3.8) is 0 Å². The van der Waals surface area contributed by atoms with E-state index in [1.54, 1.807) is 0 Å². The van der Waals surface area contributed by atoms with E-state index >= 15 is 0 Å². The average Bonchev–Trinajstić information content (AvgIpc) is 2.49. The highest BCUT2D eigenvalue weighted by atomic mass is 16.5. The van der Waals surface area contributed by atoms with Crippen molar-refractivity contribution < 1.29 is 9.84 Å². The molecule has 0 aliphatic carbocycles. The molecule has 0 amide bonds. The van der Waals surface area contributed by atoms with Crippen LogP contribution in [0.5, 0.6) is 0 Å². The van der Waals surface area contributed by atoms with E-state index in [4.69, 9.17) is 4.74 Å². The maximum absolute atomic E-state index is 9.46. The predicted octanol–water partition coefficient (Wildman–Crippen LogP) is 4.70. The van der Waals surface area contributed by atoms with Gasteiger partial charge in [-0.15, -0.1) is 0 Å². The van der Waals surface area contributed by atoms with Crippen molar-refractivity contribution in [2.24, 2.45) is 0 Å². The number of aliphatic hydroxyl groups excluding tert-OH is 1. The van der Waals surface area contributed by atoms with Crippen LogP contribution in [0.4, 0.5) is 0 Å². The van der Waals surface area contributed by atoms with Crippen LogP contribution < -0.4 is 0 Å². The van der Waals surface area contributed by atoms with Crippen molar-refractivity contribution in [1.29, 1.82) is 0 Å². The highest BCUT2D eigenvalue weighted by Gasteiger charge is 2.03. The van der Waals surface area contributed by atoms with Crippen molar-refractivity contribution >= 4 is 0 Å². The molecule has 1 rings (SSSR count). The predicted molar refractivity (Wildman–Crippen MR) is 84.7 cm³/mol. The number of unbranched alkanes of at least 4 members (excludes halogenated alkanes) is 3. The second kappa shape index (κ2) is 10.9. The lowest BCUT2D eigenvalue weighted by atomic mass is 10.1. The summed E-state index contributed by atoms with van der Waals surface area (Å²) in [6.07, 6.45) is 8.04. The minimum absolute atomic E-state index is 0.0943. The molecule has 0 radical (unpaired) electrons. The number of hydrogen-bond acceptors (Lipinski definition) is 2. The van der Waals surface area contributed by atoms with E-state index in [0.717, 1.165) is 25.7 Å². The molecule has 0 unspecified atom stereocenters. The van der Waals surface area contributed by atoms with Gasteiger partial charge in [-0.3, -0.25) is 0 Å². The Bertz CT molecular complexity index is 323. The zero-order chi connectivity index (χ0) is 14.6. The van der Waals surface area contributed by atoms with Gasteiger partial charge in [0.1, 0.15) is 0 Å². The maximum atomic E-state index is 9.46. The van der Waals surface area contributed by atoms with Crippen LogP contribution >= 0.6 is 0 Å². The number of rotatable bonds is 11. The van der Waals surface area contributed by atoms with Crippen molar-refractivity contribution in [3.05, 3.63) is 35.9 Å². The standard InChI is InChI=1S/C18H30O2/c1-3-18(19)14-10-5-4-7-11-16(2)20-15-17-12-8-6-9-13-17/h6,8-9,12-13,16,18-19H,3-5,7,10-11,14-15H2,1-2H3/t16-,18-/m0/s1. The molecule has 114 valence electrons. The first-order valence-electron chi connectivity index (χ1n) is 8.06. The van der Waals surface area contributed by atoms with Gasteiger partial charge in [-0.1, -0.05) is 62.9 Å². The summed E-state index contributed by atoms with van der Waals surface area (Å²) in [5.74, 6) is 0. The topological polar surface area (TPSA) is 29.5 Å². The summed E-state index contributed by atoms with van der Waals surface area (Å²) in [6.45, 7) is 4.91. The summed E-state index contributed by atoms with van der Waals surface area (Å²) in [5.41, 5.74) is 1.24. The molecule has 2 atom stereocenters. The molecule has 0 heterocycles. The van der Waals surface area contributed by atoms with E-state index in [1.165, 1.54) is 24.8 Å². The molecule has 1 aromatic rings. The van der Waals surface area contributed by atoms with Crippen LogP contribution in [0, 0.1) is 0 Å².